The van der Waals surface area contributed by atoms with Crippen molar-refractivity contribution in [3.63, 3.8) is 0 Å². The Bertz CT molecular complexity index is 410. The van der Waals surface area contributed by atoms with E-state index in [1.165, 1.54) is 0 Å². The van der Waals surface area contributed by atoms with Crippen molar-refractivity contribution >= 4 is 11.6 Å². The Labute approximate surface area is 92.4 Å². The number of ether oxygens (including phenoxy) is 1. The molecule has 1 aromatic rings. The van der Waals surface area contributed by atoms with Crippen LogP contribution in [0.25, 0.3) is 0 Å². The summed E-state index contributed by atoms with van der Waals surface area (Å²) in [6.45, 7) is 0.966. The summed E-state index contributed by atoms with van der Waals surface area (Å²) in [5, 5.41) is 3.48. The van der Waals surface area contributed by atoms with Crippen molar-refractivity contribution in [2.24, 2.45) is 0 Å². The van der Waals surface area contributed by atoms with Gasteiger partial charge in [0.1, 0.15) is 6.10 Å². The van der Waals surface area contributed by atoms with Crippen LogP contribution in [0.15, 0.2) is 12.1 Å². The zero-order valence-corrected chi connectivity index (χ0v) is 8.85. The molecule has 1 aromatic carbocycles. The van der Waals surface area contributed by atoms with E-state index in [0.29, 0.717) is 5.75 Å². The third-order valence-electron chi connectivity index (χ3n) is 3.09. The van der Waals surface area contributed by atoms with Gasteiger partial charge in [0, 0.05) is 5.56 Å². The average molecular weight is 228 g/mol. The van der Waals surface area contributed by atoms with Gasteiger partial charge < -0.3 is 10.1 Å². The lowest BCUT2D eigenvalue weighted by atomic mass is 9.97. The molecule has 2 heterocycles. The van der Waals surface area contributed by atoms with E-state index in [1.807, 2.05) is 6.07 Å². The molecule has 0 spiro atoms. The van der Waals surface area contributed by atoms with Crippen molar-refractivity contribution in [2.75, 3.05) is 6.54 Å². The van der Waals surface area contributed by atoms with Crippen LogP contribution in [0, 0.1) is 5.82 Å². The first-order chi connectivity index (χ1) is 7.27. The SMILES string of the molecule is Fc1c(Cl)ccc2c1OC1CCCN[C@@H]21. The molecule has 0 aromatic heterocycles. The molecule has 15 heavy (non-hydrogen) atoms. The summed E-state index contributed by atoms with van der Waals surface area (Å²) in [4.78, 5) is 0. The number of fused-ring (bicyclic) bond motifs is 3. The molecule has 3 rings (SSSR count). The largest absolute Gasteiger partial charge is 0.485 e. The molecule has 0 aliphatic carbocycles. The average Bonchev–Trinajstić information content (AvgIpc) is 2.63. The van der Waals surface area contributed by atoms with Gasteiger partial charge in [0.15, 0.2) is 11.6 Å². The number of rotatable bonds is 0. The topological polar surface area (TPSA) is 21.3 Å². The summed E-state index contributed by atoms with van der Waals surface area (Å²) in [7, 11) is 0. The van der Waals surface area contributed by atoms with E-state index >= 15 is 0 Å². The van der Waals surface area contributed by atoms with Gasteiger partial charge in [-0.1, -0.05) is 17.7 Å². The second-order valence-electron chi connectivity index (χ2n) is 4.01. The second-order valence-corrected chi connectivity index (χ2v) is 4.42. The Kier molecular flexibility index (Phi) is 2.11. The van der Waals surface area contributed by atoms with Crippen molar-refractivity contribution in [1.82, 2.24) is 5.32 Å². The number of benzene rings is 1. The molecule has 4 heteroatoms. The van der Waals surface area contributed by atoms with Gasteiger partial charge in [-0.15, -0.1) is 0 Å². The van der Waals surface area contributed by atoms with E-state index in [2.05, 4.69) is 5.32 Å². The molecule has 2 nitrogen and oxygen atoms in total. The van der Waals surface area contributed by atoms with E-state index in [0.717, 1.165) is 24.9 Å². The molecular weight excluding hydrogens is 217 g/mol. The number of hydrogen-bond donors (Lipinski definition) is 1. The van der Waals surface area contributed by atoms with Crippen LogP contribution in [0.5, 0.6) is 5.75 Å². The molecule has 1 saturated heterocycles. The summed E-state index contributed by atoms with van der Waals surface area (Å²) in [6, 6.07) is 3.59. The van der Waals surface area contributed by atoms with Gasteiger partial charge in [-0.25, -0.2) is 4.39 Å². The zero-order valence-electron chi connectivity index (χ0n) is 8.09. The van der Waals surface area contributed by atoms with Crippen LogP contribution in [0.2, 0.25) is 5.02 Å². The van der Waals surface area contributed by atoms with Gasteiger partial charge in [-0.2, -0.15) is 0 Å². The highest BCUT2D eigenvalue weighted by molar-refractivity contribution is 6.30. The van der Waals surface area contributed by atoms with E-state index in [4.69, 9.17) is 16.3 Å². The van der Waals surface area contributed by atoms with Crippen molar-refractivity contribution < 1.29 is 9.13 Å². The molecule has 1 unspecified atom stereocenters. The van der Waals surface area contributed by atoms with Crippen LogP contribution in [0.4, 0.5) is 4.39 Å². The number of halogens is 2. The van der Waals surface area contributed by atoms with E-state index in [-0.39, 0.29) is 17.2 Å². The molecule has 2 atom stereocenters. The summed E-state index contributed by atoms with van der Waals surface area (Å²) in [5.74, 6) is -0.0859. The molecule has 1 N–H and O–H groups in total. The van der Waals surface area contributed by atoms with Gasteiger partial charge in [-0.05, 0) is 25.5 Å². The molecule has 1 fully saturated rings. The van der Waals surface area contributed by atoms with Crippen molar-refractivity contribution in [3.05, 3.63) is 28.5 Å². The Morgan fingerprint density at radius 1 is 1.47 bits per heavy atom. The Morgan fingerprint density at radius 2 is 2.33 bits per heavy atom. The van der Waals surface area contributed by atoms with Crippen LogP contribution in [-0.2, 0) is 0 Å². The fourth-order valence-corrected chi connectivity index (χ4v) is 2.51. The van der Waals surface area contributed by atoms with Crippen LogP contribution in [-0.4, -0.2) is 12.6 Å². The molecule has 0 saturated carbocycles. The van der Waals surface area contributed by atoms with Crippen LogP contribution >= 0.6 is 11.6 Å². The number of piperidine rings is 1. The van der Waals surface area contributed by atoms with Gasteiger partial charge >= 0.3 is 0 Å². The molecule has 2 aliphatic heterocycles. The minimum Gasteiger partial charge on any atom is -0.485 e. The minimum absolute atomic E-state index is 0.0710. The summed E-state index contributed by atoms with van der Waals surface area (Å²) >= 11 is 5.71. The van der Waals surface area contributed by atoms with Crippen molar-refractivity contribution in [2.45, 2.75) is 25.0 Å². The quantitative estimate of drug-likeness (QED) is 0.736. The minimum atomic E-state index is -0.426. The zero-order chi connectivity index (χ0) is 10.4. The first-order valence-electron chi connectivity index (χ1n) is 5.15. The van der Waals surface area contributed by atoms with Crippen LogP contribution in [0.1, 0.15) is 24.4 Å². The summed E-state index contributed by atoms with van der Waals surface area (Å²) in [6.07, 6.45) is 2.12. The van der Waals surface area contributed by atoms with Gasteiger partial charge in [0.25, 0.3) is 0 Å². The van der Waals surface area contributed by atoms with Crippen molar-refractivity contribution in [1.29, 1.82) is 0 Å². The predicted molar refractivity (Wildman–Crippen MR) is 55.8 cm³/mol. The Balaban J connectivity index is 2.07. The molecule has 0 radical (unpaired) electrons. The third kappa shape index (κ3) is 1.34. The van der Waals surface area contributed by atoms with E-state index in [1.54, 1.807) is 6.07 Å². The lowest BCUT2D eigenvalue weighted by Gasteiger charge is -2.25. The normalized spacial score (nSPS) is 28.1. The fraction of sp³-hybridized carbons (Fsp3) is 0.455. The molecule has 0 bridgehead atoms. The molecular formula is C11H11ClFNO. The highest BCUT2D eigenvalue weighted by atomic mass is 35.5. The van der Waals surface area contributed by atoms with E-state index < -0.39 is 5.82 Å². The molecule has 80 valence electrons. The second kappa shape index (κ2) is 3.35. The first-order valence-corrected chi connectivity index (χ1v) is 5.53. The maximum atomic E-state index is 13.7. The predicted octanol–water partition coefficient (Wildman–Crippen LogP) is 2.66. The standard InChI is InChI=1S/C11H11ClFNO/c12-7-4-3-6-10-8(2-1-5-14-10)15-11(6)9(7)13/h3-4,8,10,14H,1-2,5H2/t8?,10-/m0/s1. The van der Waals surface area contributed by atoms with Crippen LogP contribution in [0.3, 0.4) is 0 Å². The fourth-order valence-electron chi connectivity index (χ4n) is 2.36. The number of nitrogens with one attached hydrogen (secondary N) is 1. The maximum absolute atomic E-state index is 13.7. The molecule has 0 amide bonds. The highest BCUT2D eigenvalue weighted by Gasteiger charge is 2.38. The Morgan fingerprint density at radius 3 is 3.20 bits per heavy atom. The van der Waals surface area contributed by atoms with Crippen LogP contribution < -0.4 is 10.1 Å². The van der Waals surface area contributed by atoms with Gasteiger partial charge in [0.2, 0.25) is 0 Å². The first kappa shape index (κ1) is 9.43. The molecule has 2 aliphatic rings. The Hall–Kier alpha value is -0.800. The number of hydrogen-bond acceptors (Lipinski definition) is 2. The monoisotopic (exact) mass is 227 g/mol. The third-order valence-corrected chi connectivity index (χ3v) is 3.38. The van der Waals surface area contributed by atoms with Gasteiger partial charge in [-0.3, -0.25) is 0 Å². The maximum Gasteiger partial charge on any atom is 0.183 e. The van der Waals surface area contributed by atoms with Gasteiger partial charge in [0.05, 0.1) is 11.1 Å². The summed E-state index contributed by atoms with van der Waals surface area (Å²) < 4.78 is 19.3. The highest BCUT2D eigenvalue weighted by Crippen LogP contribution is 2.43. The van der Waals surface area contributed by atoms with E-state index in [9.17, 15) is 4.39 Å². The van der Waals surface area contributed by atoms with Crippen molar-refractivity contribution in [3.8, 4) is 5.75 Å². The smallest absolute Gasteiger partial charge is 0.183 e. The summed E-state index contributed by atoms with van der Waals surface area (Å²) in [5.41, 5.74) is 0.904. The lowest BCUT2D eigenvalue weighted by Crippen LogP contribution is -2.36. The lowest BCUT2D eigenvalue weighted by molar-refractivity contribution is 0.150.